The van der Waals surface area contributed by atoms with Gasteiger partial charge in [0.25, 0.3) is 0 Å². The van der Waals surface area contributed by atoms with E-state index in [1.807, 2.05) is 6.07 Å². The third kappa shape index (κ3) is 3.41. The van der Waals surface area contributed by atoms with Gasteiger partial charge in [-0.3, -0.25) is 0 Å². The SMILES string of the molecule is COc1ccc(CNc2ccnc(C(=O)O)c2)cn1. The summed E-state index contributed by atoms with van der Waals surface area (Å²) in [6.07, 6.45) is 3.16. The van der Waals surface area contributed by atoms with Gasteiger partial charge in [0.15, 0.2) is 0 Å². The topological polar surface area (TPSA) is 84.3 Å². The normalized spacial score (nSPS) is 9.95. The molecule has 0 amide bonds. The average molecular weight is 259 g/mol. The number of carboxylic acid groups (broad SMARTS) is 1. The molecule has 0 bridgehead atoms. The Balaban J connectivity index is 2.01. The smallest absolute Gasteiger partial charge is 0.354 e. The maximum atomic E-state index is 10.8. The van der Waals surface area contributed by atoms with Crippen LogP contribution >= 0.6 is 0 Å². The van der Waals surface area contributed by atoms with Crippen LogP contribution in [0, 0.1) is 0 Å². The summed E-state index contributed by atoms with van der Waals surface area (Å²) >= 11 is 0. The van der Waals surface area contributed by atoms with E-state index in [0.717, 1.165) is 5.56 Å². The van der Waals surface area contributed by atoms with E-state index in [1.165, 1.54) is 12.3 Å². The number of methoxy groups -OCH3 is 1. The van der Waals surface area contributed by atoms with Crippen molar-refractivity contribution in [1.29, 1.82) is 0 Å². The van der Waals surface area contributed by atoms with Gasteiger partial charge in [0.1, 0.15) is 5.69 Å². The van der Waals surface area contributed by atoms with E-state index < -0.39 is 5.97 Å². The van der Waals surface area contributed by atoms with Gasteiger partial charge in [-0.25, -0.2) is 14.8 Å². The van der Waals surface area contributed by atoms with Crippen LogP contribution in [-0.2, 0) is 6.54 Å². The van der Waals surface area contributed by atoms with Crippen molar-refractivity contribution in [3.8, 4) is 5.88 Å². The van der Waals surface area contributed by atoms with Gasteiger partial charge in [-0.15, -0.1) is 0 Å². The van der Waals surface area contributed by atoms with Crippen molar-refractivity contribution >= 4 is 11.7 Å². The van der Waals surface area contributed by atoms with Crippen molar-refractivity contribution in [3.05, 3.63) is 47.9 Å². The number of aromatic carboxylic acids is 1. The van der Waals surface area contributed by atoms with Crippen LogP contribution in [0.4, 0.5) is 5.69 Å². The van der Waals surface area contributed by atoms with Crippen LogP contribution in [-0.4, -0.2) is 28.2 Å². The van der Waals surface area contributed by atoms with E-state index in [-0.39, 0.29) is 5.69 Å². The maximum absolute atomic E-state index is 10.8. The fraction of sp³-hybridized carbons (Fsp3) is 0.154. The number of carboxylic acids is 1. The third-order valence-corrected chi connectivity index (χ3v) is 2.48. The van der Waals surface area contributed by atoms with Crippen LogP contribution in [0.1, 0.15) is 16.1 Å². The van der Waals surface area contributed by atoms with Gasteiger partial charge in [-0.05, 0) is 17.7 Å². The second kappa shape index (κ2) is 5.81. The fourth-order valence-electron chi connectivity index (χ4n) is 1.50. The molecule has 2 aromatic rings. The van der Waals surface area contributed by atoms with Crippen molar-refractivity contribution in [2.45, 2.75) is 6.54 Å². The van der Waals surface area contributed by atoms with E-state index in [2.05, 4.69) is 15.3 Å². The van der Waals surface area contributed by atoms with Gasteiger partial charge >= 0.3 is 5.97 Å². The first-order valence-electron chi connectivity index (χ1n) is 5.61. The first-order valence-corrected chi connectivity index (χ1v) is 5.61. The summed E-state index contributed by atoms with van der Waals surface area (Å²) in [7, 11) is 1.56. The van der Waals surface area contributed by atoms with Crippen LogP contribution in [0.25, 0.3) is 0 Å². The summed E-state index contributed by atoms with van der Waals surface area (Å²) < 4.78 is 4.97. The Bertz CT molecular complexity index is 570. The molecule has 0 aliphatic carbocycles. The lowest BCUT2D eigenvalue weighted by molar-refractivity contribution is 0.0690. The Morgan fingerprint density at radius 1 is 1.37 bits per heavy atom. The van der Waals surface area contributed by atoms with Crippen LogP contribution in [0.15, 0.2) is 36.7 Å². The number of nitrogens with one attached hydrogen (secondary N) is 1. The highest BCUT2D eigenvalue weighted by Gasteiger charge is 2.04. The van der Waals surface area contributed by atoms with E-state index in [1.54, 1.807) is 25.4 Å². The van der Waals surface area contributed by atoms with Crippen molar-refractivity contribution in [1.82, 2.24) is 9.97 Å². The highest BCUT2D eigenvalue weighted by atomic mass is 16.5. The Kier molecular flexibility index (Phi) is 3.92. The van der Waals surface area contributed by atoms with Crippen LogP contribution in [0.5, 0.6) is 5.88 Å². The van der Waals surface area contributed by atoms with E-state index in [9.17, 15) is 4.79 Å². The fourth-order valence-corrected chi connectivity index (χ4v) is 1.50. The number of carbonyl (C=O) groups is 1. The molecular formula is C13H13N3O3. The zero-order valence-electron chi connectivity index (χ0n) is 10.3. The van der Waals surface area contributed by atoms with Crippen molar-refractivity contribution < 1.29 is 14.6 Å². The second-order valence-electron chi connectivity index (χ2n) is 3.80. The highest BCUT2D eigenvalue weighted by Crippen LogP contribution is 2.11. The molecule has 0 radical (unpaired) electrons. The zero-order chi connectivity index (χ0) is 13.7. The molecule has 6 nitrogen and oxygen atoms in total. The lowest BCUT2D eigenvalue weighted by atomic mass is 10.2. The molecule has 0 fully saturated rings. The van der Waals surface area contributed by atoms with Gasteiger partial charge in [-0.1, -0.05) is 6.07 Å². The predicted molar refractivity (Wildman–Crippen MR) is 69.3 cm³/mol. The van der Waals surface area contributed by atoms with E-state index in [0.29, 0.717) is 18.1 Å². The molecule has 19 heavy (non-hydrogen) atoms. The number of pyridine rings is 2. The minimum Gasteiger partial charge on any atom is -0.481 e. The van der Waals surface area contributed by atoms with Gasteiger partial charge in [-0.2, -0.15) is 0 Å². The minimum atomic E-state index is -1.05. The maximum Gasteiger partial charge on any atom is 0.354 e. The molecule has 0 aliphatic heterocycles. The molecule has 0 atom stereocenters. The summed E-state index contributed by atoms with van der Waals surface area (Å²) in [6, 6.07) is 6.85. The first kappa shape index (κ1) is 12.8. The van der Waals surface area contributed by atoms with Gasteiger partial charge in [0.2, 0.25) is 5.88 Å². The third-order valence-electron chi connectivity index (χ3n) is 2.48. The Morgan fingerprint density at radius 2 is 2.21 bits per heavy atom. The molecule has 2 aromatic heterocycles. The lowest BCUT2D eigenvalue weighted by Crippen LogP contribution is -2.04. The molecule has 0 aromatic carbocycles. The molecule has 0 saturated heterocycles. The molecule has 2 N–H and O–H groups in total. The number of ether oxygens (including phenoxy) is 1. The minimum absolute atomic E-state index is 0.0119. The number of anilines is 1. The van der Waals surface area contributed by atoms with Gasteiger partial charge in [0.05, 0.1) is 7.11 Å². The number of nitrogens with zero attached hydrogens (tertiary/aromatic N) is 2. The lowest BCUT2D eigenvalue weighted by Gasteiger charge is -2.07. The molecule has 0 aliphatic rings. The largest absolute Gasteiger partial charge is 0.481 e. The van der Waals surface area contributed by atoms with Crippen molar-refractivity contribution in [2.24, 2.45) is 0 Å². The zero-order valence-corrected chi connectivity index (χ0v) is 10.3. The molecule has 0 unspecified atom stereocenters. The van der Waals surface area contributed by atoms with Crippen molar-refractivity contribution in [3.63, 3.8) is 0 Å². The monoisotopic (exact) mass is 259 g/mol. The number of hydrogen-bond acceptors (Lipinski definition) is 5. The number of rotatable bonds is 5. The predicted octanol–water partition coefficient (Wildman–Crippen LogP) is 1.80. The summed E-state index contributed by atoms with van der Waals surface area (Å²) in [5.74, 6) is -0.490. The Hall–Kier alpha value is -2.63. The van der Waals surface area contributed by atoms with Gasteiger partial charge in [0, 0.05) is 30.7 Å². The van der Waals surface area contributed by atoms with Crippen molar-refractivity contribution in [2.75, 3.05) is 12.4 Å². The van der Waals surface area contributed by atoms with Gasteiger partial charge < -0.3 is 15.2 Å². The summed E-state index contributed by atoms with van der Waals surface area (Å²) in [5.41, 5.74) is 1.68. The summed E-state index contributed by atoms with van der Waals surface area (Å²) in [4.78, 5) is 18.6. The molecule has 6 heteroatoms. The molecule has 2 heterocycles. The van der Waals surface area contributed by atoms with E-state index in [4.69, 9.17) is 9.84 Å². The van der Waals surface area contributed by atoms with Crippen LogP contribution < -0.4 is 10.1 Å². The number of hydrogen-bond donors (Lipinski definition) is 2. The molecule has 2 rings (SSSR count). The standard InChI is InChI=1S/C13H13N3O3/c1-19-12-3-2-9(8-16-12)7-15-10-4-5-14-11(6-10)13(17)18/h2-6,8H,7H2,1H3,(H,14,15)(H,17,18). The Morgan fingerprint density at radius 3 is 2.84 bits per heavy atom. The Labute approximate surface area is 110 Å². The first-order chi connectivity index (χ1) is 9.19. The summed E-state index contributed by atoms with van der Waals surface area (Å²) in [6.45, 7) is 0.542. The molecule has 0 saturated carbocycles. The number of aromatic nitrogens is 2. The molecular weight excluding hydrogens is 246 g/mol. The van der Waals surface area contributed by atoms with Crippen LogP contribution in [0.2, 0.25) is 0 Å². The highest BCUT2D eigenvalue weighted by molar-refractivity contribution is 5.86. The van der Waals surface area contributed by atoms with Crippen LogP contribution in [0.3, 0.4) is 0 Å². The van der Waals surface area contributed by atoms with E-state index >= 15 is 0 Å². The molecule has 98 valence electrons. The molecule has 0 spiro atoms. The quantitative estimate of drug-likeness (QED) is 0.851. The second-order valence-corrected chi connectivity index (χ2v) is 3.80. The average Bonchev–Trinajstić information content (AvgIpc) is 2.46. The summed E-state index contributed by atoms with van der Waals surface area (Å²) in [5, 5.41) is 11.9.